The SMILES string of the molecule is CCC(CC)C(O)CNC(=O)NCc1ccc(C)cc1. The molecule has 3 N–H and O–H groups in total. The van der Waals surface area contributed by atoms with Crippen molar-refractivity contribution in [1.82, 2.24) is 10.6 Å². The molecule has 0 aromatic heterocycles. The highest BCUT2D eigenvalue weighted by Gasteiger charge is 2.15. The molecule has 1 aromatic carbocycles. The molecule has 0 saturated carbocycles. The molecule has 1 aromatic rings. The lowest BCUT2D eigenvalue weighted by molar-refractivity contribution is 0.103. The molecular weight excluding hydrogens is 252 g/mol. The van der Waals surface area contributed by atoms with Gasteiger partial charge in [0.2, 0.25) is 0 Å². The highest BCUT2D eigenvalue weighted by molar-refractivity contribution is 5.73. The van der Waals surface area contributed by atoms with E-state index < -0.39 is 6.10 Å². The number of carbonyl (C=O) groups excluding carboxylic acids is 1. The standard InChI is InChI=1S/C16H26N2O2/c1-4-14(5-2)15(19)11-18-16(20)17-10-13-8-6-12(3)7-9-13/h6-9,14-15,19H,4-5,10-11H2,1-3H3,(H2,17,18,20). The van der Waals surface area contributed by atoms with Crippen molar-refractivity contribution in [1.29, 1.82) is 0 Å². The molecule has 2 amide bonds. The van der Waals surface area contributed by atoms with Crippen LogP contribution in [0, 0.1) is 12.8 Å². The van der Waals surface area contributed by atoms with Gasteiger partial charge in [-0.3, -0.25) is 0 Å². The molecule has 4 heteroatoms. The second kappa shape index (κ2) is 8.59. The molecular formula is C16H26N2O2. The molecule has 0 radical (unpaired) electrons. The van der Waals surface area contributed by atoms with E-state index in [1.165, 1.54) is 5.56 Å². The Balaban J connectivity index is 2.28. The van der Waals surface area contributed by atoms with Crippen LogP contribution < -0.4 is 10.6 Å². The second-order valence-electron chi connectivity index (χ2n) is 5.19. The predicted molar refractivity (Wildman–Crippen MR) is 81.5 cm³/mol. The van der Waals surface area contributed by atoms with Crippen LogP contribution in [0.3, 0.4) is 0 Å². The Morgan fingerprint density at radius 1 is 1.15 bits per heavy atom. The maximum atomic E-state index is 11.7. The maximum absolute atomic E-state index is 11.7. The van der Waals surface area contributed by atoms with Crippen LogP contribution in [0.5, 0.6) is 0 Å². The van der Waals surface area contributed by atoms with Gasteiger partial charge in [-0.1, -0.05) is 56.5 Å². The van der Waals surface area contributed by atoms with Crippen LogP contribution in [0.15, 0.2) is 24.3 Å². The van der Waals surface area contributed by atoms with Crippen molar-refractivity contribution in [2.24, 2.45) is 5.92 Å². The number of aryl methyl sites for hydroxylation is 1. The van der Waals surface area contributed by atoms with Crippen molar-refractivity contribution in [2.45, 2.75) is 46.3 Å². The van der Waals surface area contributed by atoms with Crippen LogP contribution in [-0.2, 0) is 6.54 Å². The molecule has 1 rings (SSSR count). The van der Waals surface area contributed by atoms with Crippen molar-refractivity contribution in [3.8, 4) is 0 Å². The Kier molecular flexibility index (Phi) is 7.09. The molecule has 0 heterocycles. The molecule has 0 aliphatic rings. The van der Waals surface area contributed by atoms with E-state index in [0.717, 1.165) is 18.4 Å². The first kappa shape index (κ1) is 16.5. The van der Waals surface area contributed by atoms with E-state index in [-0.39, 0.29) is 11.9 Å². The Morgan fingerprint density at radius 3 is 2.30 bits per heavy atom. The topological polar surface area (TPSA) is 61.4 Å². The van der Waals surface area contributed by atoms with Crippen LogP contribution in [-0.4, -0.2) is 23.8 Å². The smallest absolute Gasteiger partial charge is 0.315 e. The van der Waals surface area contributed by atoms with Crippen molar-refractivity contribution >= 4 is 6.03 Å². The Hall–Kier alpha value is -1.55. The lowest BCUT2D eigenvalue weighted by Gasteiger charge is -2.20. The lowest BCUT2D eigenvalue weighted by Crippen LogP contribution is -2.41. The summed E-state index contributed by atoms with van der Waals surface area (Å²) in [5.41, 5.74) is 2.26. The fourth-order valence-electron chi connectivity index (χ4n) is 2.15. The van der Waals surface area contributed by atoms with Gasteiger partial charge in [-0.15, -0.1) is 0 Å². The molecule has 20 heavy (non-hydrogen) atoms. The van der Waals surface area contributed by atoms with Gasteiger partial charge in [0.1, 0.15) is 0 Å². The number of nitrogens with one attached hydrogen (secondary N) is 2. The summed E-state index contributed by atoms with van der Waals surface area (Å²) in [4.78, 5) is 11.7. The van der Waals surface area contributed by atoms with Crippen molar-refractivity contribution in [3.63, 3.8) is 0 Å². The van der Waals surface area contributed by atoms with Gasteiger partial charge in [0, 0.05) is 13.1 Å². The van der Waals surface area contributed by atoms with E-state index in [9.17, 15) is 9.90 Å². The zero-order chi connectivity index (χ0) is 15.0. The molecule has 0 fully saturated rings. The number of hydrogen-bond acceptors (Lipinski definition) is 2. The van der Waals surface area contributed by atoms with Gasteiger partial charge in [-0.2, -0.15) is 0 Å². The third-order valence-corrected chi connectivity index (χ3v) is 3.64. The summed E-state index contributed by atoms with van der Waals surface area (Å²) < 4.78 is 0. The molecule has 1 atom stereocenters. The highest BCUT2D eigenvalue weighted by atomic mass is 16.3. The van der Waals surface area contributed by atoms with Crippen molar-refractivity contribution < 1.29 is 9.90 Å². The van der Waals surface area contributed by atoms with E-state index in [0.29, 0.717) is 13.1 Å². The maximum Gasteiger partial charge on any atom is 0.315 e. The van der Waals surface area contributed by atoms with Gasteiger partial charge in [-0.05, 0) is 18.4 Å². The van der Waals surface area contributed by atoms with Crippen LogP contribution in [0.1, 0.15) is 37.8 Å². The molecule has 112 valence electrons. The van der Waals surface area contributed by atoms with Gasteiger partial charge in [0.05, 0.1) is 6.10 Å². The van der Waals surface area contributed by atoms with Crippen LogP contribution in [0.2, 0.25) is 0 Å². The first-order valence-corrected chi connectivity index (χ1v) is 7.32. The molecule has 4 nitrogen and oxygen atoms in total. The first-order chi connectivity index (χ1) is 9.56. The number of rotatable bonds is 7. The molecule has 1 unspecified atom stereocenters. The fourth-order valence-corrected chi connectivity index (χ4v) is 2.15. The zero-order valence-electron chi connectivity index (χ0n) is 12.6. The van der Waals surface area contributed by atoms with Crippen molar-refractivity contribution in [3.05, 3.63) is 35.4 Å². The normalized spacial score (nSPS) is 12.2. The quantitative estimate of drug-likeness (QED) is 0.718. The first-order valence-electron chi connectivity index (χ1n) is 7.32. The number of hydrogen-bond donors (Lipinski definition) is 3. The minimum atomic E-state index is -0.477. The van der Waals surface area contributed by atoms with Crippen LogP contribution in [0.4, 0.5) is 4.79 Å². The van der Waals surface area contributed by atoms with Gasteiger partial charge < -0.3 is 15.7 Å². The third kappa shape index (κ3) is 5.61. The Labute approximate surface area is 121 Å². The highest BCUT2D eigenvalue weighted by Crippen LogP contribution is 2.12. The molecule has 0 spiro atoms. The molecule has 0 aliphatic heterocycles. The number of carbonyl (C=O) groups is 1. The average Bonchev–Trinajstić information content (AvgIpc) is 2.45. The van der Waals surface area contributed by atoms with Crippen molar-refractivity contribution in [2.75, 3.05) is 6.54 Å². The average molecular weight is 278 g/mol. The minimum Gasteiger partial charge on any atom is -0.391 e. The summed E-state index contributed by atoms with van der Waals surface area (Å²) in [5, 5.41) is 15.4. The summed E-state index contributed by atoms with van der Waals surface area (Å²) in [6.45, 7) is 6.92. The third-order valence-electron chi connectivity index (χ3n) is 3.64. The number of urea groups is 1. The fraction of sp³-hybridized carbons (Fsp3) is 0.562. The number of aliphatic hydroxyl groups is 1. The van der Waals surface area contributed by atoms with Gasteiger partial charge in [0.25, 0.3) is 0 Å². The molecule has 0 aliphatic carbocycles. The summed E-state index contributed by atoms with van der Waals surface area (Å²) >= 11 is 0. The second-order valence-corrected chi connectivity index (χ2v) is 5.19. The van der Waals surface area contributed by atoms with Crippen LogP contribution >= 0.6 is 0 Å². The zero-order valence-corrected chi connectivity index (χ0v) is 12.6. The van der Waals surface area contributed by atoms with E-state index in [2.05, 4.69) is 24.5 Å². The predicted octanol–water partition coefficient (Wildman–Crippen LogP) is 2.59. The van der Waals surface area contributed by atoms with E-state index in [1.807, 2.05) is 31.2 Å². The monoisotopic (exact) mass is 278 g/mol. The van der Waals surface area contributed by atoms with Gasteiger partial charge >= 0.3 is 6.03 Å². The van der Waals surface area contributed by atoms with E-state index in [4.69, 9.17) is 0 Å². The number of benzene rings is 1. The number of aliphatic hydroxyl groups excluding tert-OH is 1. The number of amides is 2. The van der Waals surface area contributed by atoms with Gasteiger partial charge in [-0.25, -0.2) is 4.79 Å². The summed E-state index contributed by atoms with van der Waals surface area (Å²) in [7, 11) is 0. The summed E-state index contributed by atoms with van der Waals surface area (Å²) in [5.74, 6) is 0.243. The Morgan fingerprint density at radius 2 is 1.75 bits per heavy atom. The Bertz CT molecular complexity index is 399. The largest absolute Gasteiger partial charge is 0.391 e. The van der Waals surface area contributed by atoms with E-state index in [1.54, 1.807) is 0 Å². The lowest BCUT2D eigenvalue weighted by atomic mass is 9.97. The summed E-state index contributed by atoms with van der Waals surface area (Å²) in [6.07, 6.45) is 1.37. The van der Waals surface area contributed by atoms with Gasteiger partial charge in [0.15, 0.2) is 0 Å². The van der Waals surface area contributed by atoms with Crippen LogP contribution in [0.25, 0.3) is 0 Å². The minimum absolute atomic E-state index is 0.240. The molecule has 0 bridgehead atoms. The molecule has 0 saturated heterocycles. The summed E-state index contributed by atoms with van der Waals surface area (Å²) in [6, 6.07) is 7.79. The van der Waals surface area contributed by atoms with E-state index >= 15 is 0 Å².